The second kappa shape index (κ2) is 15.8. The van der Waals surface area contributed by atoms with E-state index in [-0.39, 0.29) is 0 Å². The van der Waals surface area contributed by atoms with Gasteiger partial charge in [-0.2, -0.15) is 0 Å². The van der Waals surface area contributed by atoms with Gasteiger partial charge in [0.05, 0.1) is 0 Å². The summed E-state index contributed by atoms with van der Waals surface area (Å²) in [5.74, 6) is 15.5. The minimum Gasteiger partial charge on any atom is -0.294 e. The molecule has 0 aliphatic heterocycles. The maximum Gasteiger partial charge on any atom is 0.0132 e. The van der Waals surface area contributed by atoms with Crippen molar-refractivity contribution in [2.45, 2.75) is 230 Å². The molecule has 10 fully saturated rings. The number of rotatable bonds is 6. The van der Waals surface area contributed by atoms with E-state index in [1.807, 2.05) is 0 Å². The van der Waals surface area contributed by atoms with E-state index in [1.54, 1.807) is 199 Å². The van der Waals surface area contributed by atoms with Crippen LogP contribution in [-0.2, 0) is 0 Å². The quantitative estimate of drug-likeness (QED) is 0.267. The number of hydrogen-bond donors (Lipinski definition) is 0. The first-order valence-electron chi connectivity index (χ1n) is 25.1. The Morgan fingerprint density at radius 2 is 0.706 bits per heavy atom. The molecule has 288 valence electrons. The van der Waals surface area contributed by atoms with Gasteiger partial charge in [-0.25, -0.2) is 0 Å². The summed E-state index contributed by atoms with van der Waals surface area (Å²) in [4.78, 5) is 3.49. The number of fused-ring (bicyclic) bond motifs is 6. The molecule has 0 radical (unpaired) electrons. The standard InChI is InChI=1S/C50H83N/c1-3-12-34(13-4-1)36-22-26-42(27-23-36)51(43-28-24-37(25-29-43)35-14-5-2-6-15-35)49-21-11-20-45-47(49)33-48-44-19-10-9-18-40(44)32-46(50(45)48)41-30-38-16-7-8-17-39(38)31-41/h34-50H,1-33H2. The van der Waals surface area contributed by atoms with Crippen LogP contribution in [0.3, 0.4) is 0 Å². The van der Waals surface area contributed by atoms with Crippen molar-refractivity contribution in [3.63, 3.8) is 0 Å². The number of hydrogen-bond acceptors (Lipinski definition) is 1. The van der Waals surface area contributed by atoms with Gasteiger partial charge in [-0.05, 0) is 179 Å². The van der Waals surface area contributed by atoms with Crippen molar-refractivity contribution in [3.8, 4) is 0 Å². The molecule has 10 rings (SSSR count). The predicted molar refractivity (Wildman–Crippen MR) is 214 cm³/mol. The second-order valence-corrected chi connectivity index (χ2v) is 22.3. The van der Waals surface area contributed by atoms with Gasteiger partial charge in [-0.3, -0.25) is 4.90 Å². The molecule has 10 saturated carbocycles. The fraction of sp³-hybridized carbons (Fsp3) is 1.00. The van der Waals surface area contributed by atoms with Crippen LogP contribution >= 0.6 is 0 Å². The highest BCUT2D eigenvalue weighted by Gasteiger charge is 2.59. The van der Waals surface area contributed by atoms with Crippen molar-refractivity contribution >= 4 is 0 Å². The summed E-state index contributed by atoms with van der Waals surface area (Å²) < 4.78 is 0. The van der Waals surface area contributed by atoms with E-state index >= 15 is 0 Å². The number of nitrogens with zero attached hydrogens (tertiary/aromatic N) is 1. The average Bonchev–Trinajstić information content (AvgIpc) is 3.82. The summed E-state index contributed by atoms with van der Waals surface area (Å²) in [6, 6.07) is 2.82. The van der Waals surface area contributed by atoms with Gasteiger partial charge in [0, 0.05) is 18.1 Å². The van der Waals surface area contributed by atoms with Gasteiger partial charge in [0.15, 0.2) is 0 Å². The zero-order valence-corrected chi connectivity index (χ0v) is 33.6. The van der Waals surface area contributed by atoms with Crippen LogP contribution < -0.4 is 0 Å². The molecular weight excluding hydrogens is 615 g/mol. The monoisotopic (exact) mass is 698 g/mol. The Morgan fingerprint density at radius 3 is 1.29 bits per heavy atom. The van der Waals surface area contributed by atoms with Gasteiger partial charge in [0.1, 0.15) is 0 Å². The van der Waals surface area contributed by atoms with Crippen molar-refractivity contribution in [1.82, 2.24) is 4.90 Å². The molecular formula is C50H83N. The van der Waals surface area contributed by atoms with Crippen LogP contribution in [0.5, 0.6) is 0 Å². The highest BCUT2D eigenvalue weighted by Crippen LogP contribution is 2.65. The highest BCUT2D eigenvalue weighted by molar-refractivity contribution is 5.09. The third-order valence-corrected chi connectivity index (χ3v) is 20.4. The van der Waals surface area contributed by atoms with E-state index in [4.69, 9.17) is 0 Å². The van der Waals surface area contributed by atoms with E-state index in [1.165, 1.54) is 12.8 Å². The van der Waals surface area contributed by atoms with Crippen molar-refractivity contribution < 1.29 is 0 Å². The topological polar surface area (TPSA) is 3.24 Å². The molecule has 1 nitrogen and oxygen atoms in total. The molecule has 0 bridgehead atoms. The Hall–Kier alpha value is -0.0400. The predicted octanol–water partition coefficient (Wildman–Crippen LogP) is 14.0. The summed E-state index contributed by atoms with van der Waals surface area (Å²) in [5.41, 5.74) is 0. The molecule has 0 spiro atoms. The third-order valence-electron chi connectivity index (χ3n) is 20.4. The Kier molecular flexibility index (Phi) is 11.0. The SMILES string of the molecule is C1CCC(C2CCC(N(C3CCC(C4CCCCC4)CC3)C3CCCC4C3CC3C5CCCCC5CC(C5CC6CCCCC6C5)C34)CC2)CC1. The molecule has 10 unspecified atom stereocenters. The van der Waals surface area contributed by atoms with Crippen LogP contribution in [0.1, 0.15) is 212 Å². The summed E-state index contributed by atoms with van der Waals surface area (Å²) >= 11 is 0. The first-order chi connectivity index (χ1) is 25.3. The Labute approximate surface area is 316 Å². The summed E-state index contributed by atoms with van der Waals surface area (Å²) in [6.45, 7) is 0. The molecule has 0 aromatic rings. The zero-order valence-electron chi connectivity index (χ0n) is 33.6. The Bertz CT molecular complexity index is 1050. The third kappa shape index (κ3) is 7.02. The van der Waals surface area contributed by atoms with Gasteiger partial charge >= 0.3 is 0 Å². The van der Waals surface area contributed by atoms with Crippen LogP contribution in [0.2, 0.25) is 0 Å². The van der Waals surface area contributed by atoms with Crippen LogP contribution in [0.4, 0.5) is 0 Å². The summed E-state index contributed by atoms with van der Waals surface area (Å²) in [5, 5.41) is 0. The largest absolute Gasteiger partial charge is 0.294 e. The lowest BCUT2D eigenvalue weighted by molar-refractivity contribution is -0.0436. The molecule has 0 aromatic heterocycles. The van der Waals surface area contributed by atoms with Crippen molar-refractivity contribution in [2.75, 3.05) is 0 Å². The molecule has 0 N–H and O–H groups in total. The van der Waals surface area contributed by atoms with Gasteiger partial charge in [0.25, 0.3) is 0 Å². The fourth-order valence-electron chi connectivity index (χ4n) is 18.4. The average molecular weight is 698 g/mol. The van der Waals surface area contributed by atoms with Gasteiger partial charge in [0.2, 0.25) is 0 Å². The molecule has 0 amide bonds. The van der Waals surface area contributed by atoms with Gasteiger partial charge in [-0.1, -0.05) is 116 Å². The van der Waals surface area contributed by atoms with Gasteiger partial charge < -0.3 is 0 Å². The first kappa shape index (κ1) is 35.4. The van der Waals surface area contributed by atoms with E-state index in [9.17, 15) is 0 Å². The van der Waals surface area contributed by atoms with Crippen LogP contribution in [0, 0.1) is 82.9 Å². The lowest BCUT2D eigenvalue weighted by Gasteiger charge is -2.53. The molecule has 10 aliphatic carbocycles. The molecule has 0 aromatic carbocycles. The normalized spacial score (nSPS) is 49.9. The molecule has 10 aliphatic rings. The highest BCUT2D eigenvalue weighted by atomic mass is 15.2. The van der Waals surface area contributed by atoms with Crippen LogP contribution in [0.15, 0.2) is 0 Å². The van der Waals surface area contributed by atoms with Crippen molar-refractivity contribution in [2.24, 2.45) is 82.9 Å². The molecule has 10 atom stereocenters. The summed E-state index contributed by atoms with van der Waals surface area (Å²) in [6.07, 6.45) is 52.3. The Balaban J connectivity index is 0.908. The van der Waals surface area contributed by atoms with Crippen LogP contribution in [-0.4, -0.2) is 23.0 Å². The van der Waals surface area contributed by atoms with E-state index in [2.05, 4.69) is 4.90 Å². The van der Waals surface area contributed by atoms with Gasteiger partial charge in [-0.15, -0.1) is 0 Å². The van der Waals surface area contributed by atoms with Crippen molar-refractivity contribution in [1.29, 1.82) is 0 Å². The lowest BCUT2D eigenvalue weighted by Crippen LogP contribution is -2.56. The lowest BCUT2D eigenvalue weighted by atomic mass is 9.54. The molecule has 1 heteroatoms. The van der Waals surface area contributed by atoms with E-state index in [0.717, 1.165) is 101 Å². The van der Waals surface area contributed by atoms with Crippen LogP contribution in [0.25, 0.3) is 0 Å². The molecule has 0 saturated heterocycles. The summed E-state index contributed by atoms with van der Waals surface area (Å²) in [7, 11) is 0. The zero-order chi connectivity index (χ0) is 33.7. The van der Waals surface area contributed by atoms with Crippen molar-refractivity contribution in [3.05, 3.63) is 0 Å². The Morgan fingerprint density at radius 1 is 0.235 bits per heavy atom. The maximum absolute atomic E-state index is 3.49. The first-order valence-corrected chi connectivity index (χ1v) is 25.1. The van der Waals surface area contributed by atoms with E-state index in [0.29, 0.717) is 0 Å². The maximum atomic E-state index is 3.49. The molecule has 0 heterocycles. The molecule has 51 heavy (non-hydrogen) atoms. The fourth-order valence-corrected chi connectivity index (χ4v) is 18.4. The second-order valence-electron chi connectivity index (χ2n) is 22.3. The minimum absolute atomic E-state index is 0.934. The smallest absolute Gasteiger partial charge is 0.0132 e. The van der Waals surface area contributed by atoms with E-state index < -0.39 is 0 Å². The minimum atomic E-state index is 0.934.